The zero-order valence-electron chi connectivity index (χ0n) is 8.75. The van der Waals surface area contributed by atoms with E-state index >= 15 is 0 Å². The minimum absolute atomic E-state index is 0.356. The second-order valence-corrected chi connectivity index (χ2v) is 5.88. The lowest BCUT2D eigenvalue weighted by Gasteiger charge is -2.08. The fourth-order valence-electron chi connectivity index (χ4n) is 1.35. The SMILES string of the molecule is Cc1ccc(S(=O)(=O)NCCBr)c(C)c1. The van der Waals surface area contributed by atoms with E-state index in [2.05, 4.69) is 20.7 Å². The summed E-state index contributed by atoms with van der Waals surface area (Å²) in [6.07, 6.45) is 0. The molecule has 0 fully saturated rings. The van der Waals surface area contributed by atoms with Crippen LogP contribution in [0, 0.1) is 13.8 Å². The van der Waals surface area contributed by atoms with Gasteiger partial charge in [0.05, 0.1) is 4.90 Å². The molecule has 0 radical (unpaired) electrons. The molecule has 1 N–H and O–H groups in total. The summed E-state index contributed by atoms with van der Waals surface area (Å²) in [7, 11) is -3.35. The molecule has 0 unspecified atom stereocenters. The van der Waals surface area contributed by atoms with E-state index in [-0.39, 0.29) is 0 Å². The Morgan fingerprint density at radius 2 is 2.00 bits per heavy atom. The summed E-state index contributed by atoms with van der Waals surface area (Å²) in [6, 6.07) is 5.31. The molecule has 0 spiro atoms. The summed E-state index contributed by atoms with van der Waals surface area (Å²) in [5.74, 6) is 0. The highest BCUT2D eigenvalue weighted by molar-refractivity contribution is 9.09. The summed E-state index contributed by atoms with van der Waals surface area (Å²) in [5, 5.41) is 0.608. The predicted molar refractivity (Wildman–Crippen MR) is 64.9 cm³/mol. The molecule has 0 saturated heterocycles. The number of nitrogens with one attached hydrogen (secondary N) is 1. The van der Waals surface area contributed by atoms with E-state index in [0.29, 0.717) is 16.8 Å². The molecule has 1 rings (SSSR count). The lowest BCUT2D eigenvalue weighted by molar-refractivity contribution is 0.583. The number of benzene rings is 1. The van der Waals surface area contributed by atoms with E-state index in [9.17, 15) is 8.42 Å². The van der Waals surface area contributed by atoms with Gasteiger partial charge in [-0.2, -0.15) is 0 Å². The van der Waals surface area contributed by atoms with Crippen LogP contribution in [0.3, 0.4) is 0 Å². The van der Waals surface area contributed by atoms with Crippen LogP contribution in [0.2, 0.25) is 0 Å². The molecule has 5 heteroatoms. The van der Waals surface area contributed by atoms with Gasteiger partial charge in [-0.1, -0.05) is 33.6 Å². The van der Waals surface area contributed by atoms with Gasteiger partial charge in [-0.3, -0.25) is 0 Å². The minimum atomic E-state index is -3.35. The normalized spacial score (nSPS) is 11.7. The lowest BCUT2D eigenvalue weighted by atomic mass is 10.2. The van der Waals surface area contributed by atoms with E-state index in [1.165, 1.54) is 0 Å². The first kappa shape index (κ1) is 12.7. The van der Waals surface area contributed by atoms with Crippen LogP contribution in [0.4, 0.5) is 0 Å². The highest BCUT2D eigenvalue weighted by Gasteiger charge is 2.15. The molecule has 0 atom stereocenters. The Hall–Kier alpha value is -0.390. The summed E-state index contributed by atoms with van der Waals surface area (Å²) in [6.45, 7) is 4.14. The molecular formula is C10H14BrNO2S. The van der Waals surface area contributed by atoms with Crippen molar-refractivity contribution in [1.29, 1.82) is 0 Å². The molecule has 0 aliphatic carbocycles. The lowest BCUT2D eigenvalue weighted by Crippen LogP contribution is -2.26. The molecule has 0 heterocycles. The van der Waals surface area contributed by atoms with Crippen molar-refractivity contribution in [2.75, 3.05) is 11.9 Å². The van der Waals surface area contributed by atoms with Gasteiger partial charge in [-0.15, -0.1) is 0 Å². The van der Waals surface area contributed by atoms with Crippen LogP contribution in [0.25, 0.3) is 0 Å². The Balaban J connectivity index is 3.05. The molecule has 0 aliphatic heterocycles. The van der Waals surface area contributed by atoms with Gasteiger partial charge in [0.2, 0.25) is 10.0 Å². The molecule has 0 aliphatic rings. The molecule has 0 aromatic heterocycles. The first-order valence-electron chi connectivity index (χ1n) is 4.60. The Kier molecular flexibility index (Phi) is 4.31. The molecule has 1 aromatic rings. The van der Waals surface area contributed by atoms with Gasteiger partial charge in [0.25, 0.3) is 0 Å². The first-order chi connectivity index (χ1) is 6.97. The van der Waals surface area contributed by atoms with Gasteiger partial charge in [0.15, 0.2) is 0 Å². The predicted octanol–water partition coefficient (Wildman–Crippen LogP) is 1.98. The Labute approximate surface area is 99.1 Å². The quantitative estimate of drug-likeness (QED) is 0.863. The van der Waals surface area contributed by atoms with E-state index in [0.717, 1.165) is 11.1 Å². The molecule has 0 amide bonds. The number of alkyl halides is 1. The molecule has 3 nitrogen and oxygen atoms in total. The van der Waals surface area contributed by atoms with Crippen LogP contribution < -0.4 is 4.72 Å². The van der Waals surface area contributed by atoms with Crippen molar-refractivity contribution in [2.24, 2.45) is 0 Å². The molecular weight excluding hydrogens is 278 g/mol. The van der Waals surface area contributed by atoms with Crippen molar-refractivity contribution in [3.63, 3.8) is 0 Å². The average Bonchev–Trinajstić information content (AvgIpc) is 2.14. The average molecular weight is 292 g/mol. The van der Waals surface area contributed by atoms with Gasteiger partial charge in [-0.05, 0) is 25.5 Å². The monoisotopic (exact) mass is 291 g/mol. The Morgan fingerprint density at radius 1 is 1.33 bits per heavy atom. The molecule has 0 saturated carbocycles. The smallest absolute Gasteiger partial charge is 0.210 e. The summed E-state index contributed by atoms with van der Waals surface area (Å²) in [4.78, 5) is 0.356. The largest absolute Gasteiger partial charge is 0.240 e. The second kappa shape index (κ2) is 5.09. The maximum Gasteiger partial charge on any atom is 0.240 e. The third-order valence-corrected chi connectivity index (χ3v) is 4.02. The van der Waals surface area contributed by atoms with Crippen LogP contribution in [0.5, 0.6) is 0 Å². The maximum atomic E-state index is 11.8. The van der Waals surface area contributed by atoms with Crippen molar-refractivity contribution in [1.82, 2.24) is 4.72 Å². The van der Waals surface area contributed by atoms with Gasteiger partial charge < -0.3 is 0 Å². The summed E-state index contributed by atoms with van der Waals surface area (Å²) < 4.78 is 26.1. The molecule has 1 aromatic carbocycles. The Bertz CT molecular complexity index is 443. The molecule has 15 heavy (non-hydrogen) atoms. The van der Waals surface area contributed by atoms with Gasteiger partial charge >= 0.3 is 0 Å². The molecule has 84 valence electrons. The van der Waals surface area contributed by atoms with Gasteiger partial charge in [0.1, 0.15) is 0 Å². The van der Waals surface area contributed by atoms with E-state index in [4.69, 9.17) is 0 Å². The summed E-state index contributed by atoms with van der Waals surface area (Å²) in [5.41, 5.74) is 1.84. The van der Waals surface area contributed by atoms with Crippen molar-refractivity contribution in [3.05, 3.63) is 29.3 Å². The van der Waals surface area contributed by atoms with Crippen molar-refractivity contribution < 1.29 is 8.42 Å². The number of aryl methyl sites for hydroxylation is 2. The number of halogens is 1. The van der Waals surface area contributed by atoms with Gasteiger partial charge in [0, 0.05) is 11.9 Å². The number of hydrogen-bond acceptors (Lipinski definition) is 2. The maximum absolute atomic E-state index is 11.8. The standard InChI is InChI=1S/C10H14BrNO2S/c1-8-3-4-10(9(2)7-8)15(13,14)12-6-5-11/h3-4,7,12H,5-6H2,1-2H3. The van der Waals surface area contributed by atoms with Crippen LogP contribution >= 0.6 is 15.9 Å². The zero-order chi connectivity index (χ0) is 11.5. The van der Waals surface area contributed by atoms with E-state index in [1.807, 2.05) is 13.0 Å². The number of hydrogen-bond donors (Lipinski definition) is 1. The highest BCUT2D eigenvalue weighted by atomic mass is 79.9. The summed E-state index contributed by atoms with van der Waals surface area (Å²) >= 11 is 3.18. The van der Waals surface area contributed by atoms with Crippen molar-refractivity contribution in [2.45, 2.75) is 18.7 Å². The Morgan fingerprint density at radius 3 is 2.53 bits per heavy atom. The third-order valence-electron chi connectivity index (χ3n) is 2.01. The highest BCUT2D eigenvalue weighted by Crippen LogP contribution is 2.15. The fraction of sp³-hybridized carbons (Fsp3) is 0.400. The van der Waals surface area contributed by atoms with Gasteiger partial charge in [-0.25, -0.2) is 13.1 Å². The van der Waals surface area contributed by atoms with Crippen LogP contribution in [-0.4, -0.2) is 20.3 Å². The van der Waals surface area contributed by atoms with E-state index in [1.54, 1.807) is 19.1 Å². The second-order valence-electron chi connectivity index (χ2n) is 3.36. The minimum Gasteiger partial charge on any atom is -0.210 e. The number of rotatable bonds is 4. The fourth-order valence-corrected chi connectivity index (χ4v) is 3.07. The topological polar surface area (TPSA) is 46.2 Å². The molecule has 0 bridgehead atoms. The van der Waals surface area contributed by atoms with Crippen molar-refractivity contribution >= 4 is 26.0 Å². The number of sulfonamides is 1. The van der Waals surface area contributed by atoms with Crippen LogP contribution in [-0.2, 0) is 10.0 Å². The zero-order valence-corrected chi connectivity index (χ0v) is 11.2. The third kappa shape index (κ3) is 3.29. The van der Waals surface area contributed by atoms with Crippen LogP contribution in [0.1, 0.15) is 11.1 Å². The first-order valence-corrected chi connectivity index (χ1v) is 7.21. The van der Waals surface area contributed by atoms with Crippen molar-refractivity contribution in [3.8, 4) is 0 Å². The van der Waals surface area contributed by atoms with E-state index < -0.39 is 10.0 Å². The van der Waals surface area contributed by atoms with Crippen LogP contribution in [0.15, 0.2) is 23.1 Å².